The summed E-state index contributed by atoms with van der Waals surface area (Å²) in [6.07, 6.45) is -1.84. The largest absolute Gasteiger partial charge is 0.497 e. The Balaban J connectivity index is 2.74. The minimum Gasteiger partial charge on any atom is -0.497 e. The van der Waals surface area contributed by atoms with Gasteiger partial charge in [0.05, 0.1) is 20.3 Å². The van der Waals surface area contributed by atoms with E-state index in [0.717, 1.165) is 0 Å². The van der Waals surface area contributed by atoms with E-state index >= 15 is 0 Å². The Morgan fingerprint density at radius 3 is 2.55 bits per heavy atom. The summed E-state index contributed by atoms with van der Waals surface area (Å²) in [7, 11) is 3.02. The monoisotopic (exact) mass is 283 g/mol. The predicted molar refractivity (Wildman–Crippen MR) is 73.8 cm³/mol. The summed E-state index contributed by atoms with van der Waals surface area (Å²) in [5.41, 5.74) is 0.476. The summed E-state index contributed by atoms with van der Waals surface area (Å²) in [4.78, 5) is 10.7. The Morgan fingerprint density at radius 1 is 1.30 bits per heavy atom. The van der Waals surface area contributed by atoms with Crippen molar-refractivity contribution in [3.63, 3.8) is 0 Å². The van der Waals surface area contributed by atoms with Crippen LogP contribution in [0.15, 0.2) is 18.2 Å². The molecule has 6 heteroatoms. The lowest BCUT2D eigenvalue weighted by Gasteiger charge is -2.20. The molecule has 0 aliphatic carbocycles. The molecule has 1 aromatic rings. The van der Waals surface area contributed by atoms with Gasteiger partial charge >= 0.3 is 0 Å². The Labute approximate surface area is 118 Å². The SMILES string of the molecule is COc1ccc(C(O)C(O)CCNC(C)=O)c(OC)c1. The molecule has 1 rings (SSSR count). The van der Waals surface area contributed by atoms with E-state index in [2.05, 4.69) is 5.32 Å². The number of ether oxygens (including phenoxy) is 2. The van der Waals surface area contributed by atoms with Crippen LogP contribution in [0.1, 0.15) is 25.0 Å². The van der Waals surface area contributed by atoms with Crippen molar-refractivity contribution >= 4 is 5.91 Å². The van der Waals surface area contributed by atoms with Crippen LogP contribution in [0.25, 0.3) is 0 Å². The van der Waals surface area contributed by atoms with Crippen molar-refractivity contribution in [2.24, 2.45) is 0 Å². The fourth-order valence-electron chi connectivity index (χ4n) is 1.82. The highest BCUT2D eigenvalue weighted by Crippen LogP contribution is 2.31. The van der Waals surface area contributed by atoms with E-state index < -0.39 is 12.2 Å². The van der Waals surface area contributed by atoms with E-state index in [1.807, 2.05) is 0 Å². The molecule has 0 aliphatic rings. The fraction of sp³-hybridized carbons (Fsp3) is 0.500. The van der Waals surface area contributed by atoms with Crippen LogP contribution in [-0.4, -0.2) is 43.0 Å². The van der Waals surface area contributed by atoms with Crippen molar-refractivity contribution in [3.8, 4) is 11.5 Å². The van der Waals surface area contributed by atoms with Gasteiger partial charge in [-0.05, 0) is 18.6 Å². The third-order valence-electron chi connectivity index (χ3n) is 2.94. The minimum atomic E-state index is -1.09. The Bertz CT molecular complexity index is 449. The molecule has 1 amide bonds. The third-order valence-corrected chi connectivity index (χ3v) is 2.94. The summed E-state index contributed by atoms with van der Waals surface area (Å²) in [6.45, 7) is 1.70. The average molecular weight is 283 g/mol. The zero-order valence-electron chi connectivity index (χ0n) is 11.9. The molecule has 3 N–H and O–H groups in total. The summed E-state index contributed by atoms with van der Waals surface area (Å²) in [6, 6.07) is 4.96. The molecule has 0 bridgehead atoms. The summed E-state index contributed by atoms with van der Waals surface area (Å²) in [5.74, 6) is 0.870. The van der Waals surface area contributed by atoms with Gasteiger partial charge in [-0.2, -0.15) is 0 Å². The number of aliphatic hydroxyl groups excluding tert-OH is 2. The van der Waals surface area contributed by atoms with Gasteiger partial charge in [-0.25, -0.2) is 0 Å². The van der Waals surface area contributed by atoms with E-state index in [-0.39, 0.29) is 12.3 Å². The molecule has 1 aromatic carbocycles. The van der Waals surface area contributed by atoms with Crippen LogP contribution in [0, 0.1) is 0 Å². The van der Waals surface area contributed by atoms with Crippen molar-refractivity contribution < 1.29 is 24.5 Å². The quantitative estimate of drug-likeness (QED) is 0.683. The summed E-state index contributed by atoms with van der Waals surface area (Å²) < 4.78 is 10.3. The maximum absolute atomic E-state index is 10.7. The first-order valence-electron chi connectivity index (χ1n) is 6.32. The van der Waals surface area contributed by atoms with Gasteiger partial charge in [-0.1, -0.05) is 0 Å². The fourth-order valence-corrected chi connectivity index (χ4v) is 1.82. The highest BCUT2D eigenvalue weighted by atomic mass is 16.5. The van der Waals surface area contributed by atoms with Gasteiger partial charge in [-0.15, -0.1) is 0 Å². The molecule has 0 aliphatic heterocycles. The molecule has 0 heterocycles. The zero-order valence-corrected chi connectivity index (χ0v) is 11.9. The smallest absolute Gasteiger partial charge is 0.216 e. The number of benzene rings is 1. The molecule has 0 saturated carbocycles. The predicted octanol–water partition coefficient (Wildman–Crippen LogP) is 0.624. The van der Waals surface area contributed by atoms with Crippen molar-refractivity contribution in [3.05, 3.63) is 23.8 Å². The van der Waals surface area contributed by atoms with Gasteiger partial charge < -0.3 is 25.0 Å². The molecule has 6 nitrogen and oxygen atoms in total. The molecule has 0 radical (unpaired) electrons. The van der Waals surface area contributed by atoms with Gasteiger partial charge in [0.15, 0.2) is 0 Å². The van der Waals surface area contributed by atoms with Crippen molar-refractivity contribution in [2.45, 2.75) is 25.6 Å². The van der Waals surface area contributed by atoms with Crippen LogP contribution in [0.3, 0.4) is 0 Å². The van der Waals surface area contributed by atoms with Gasteiger partial charge in [0, 0.05) is 25.1 Å². The number of aliphatic hydroxyl groups is 2. The number of carbonyl (C=O) groups is 1. The van der Waals surface area contributed by atoms with Gasteiger partial charge in [-0.3, -0.25) is 4.79 Å². The molecule has 2 atom stereocenters. The summed E-state index contributed by atoms with van der Waals surface area (Å²) in [5, 5.41) is 22.7. The number of rotatable bonds is 7. The van der Waals surface area contributed by atoms with Gasteiger partial charge in [0.2, 0.25) is 5.91 Å². The number of nitrogens with one attached hydrogen (secondary N) is 1. The van der Waals surface area contributed by atoms with E-state index in [1.165, 1.54) is 21.1 Å². The Morgan fingerprint density at radius 2 is 2.00 bits per heavy atom. The maximum Gasteiger partial charge on any atom is 0.216 e. The molecule has 20 heavy (non-hydrogen) atoms. The molecule has 2 unspecified atom stereocenters. The summed E-state index contributed by atoms with van der Waals surface area (Å²) >= 11 is 0. The second-order valence-electron chi connectivity index (χ2n) is 4.39. The maximum atomic E-state index is 10.7. The van der Waals surface area contributed by atoms with Crippen LogP contribution in [0.2, 0.25) is 0 Å². The molecular formula is C14H21NO5. The van der Waals surface area contributed by atoms with Gasteiger partial charge in [0.1, 0.15) is 17.6 Å². The molecule has 0 aromatic heterocycles. The lowest BCUT2D eigenvalue weighted by Crippen LogP contribution is -2.27. The second-order valence-corrected chi connectivity index (χ2v) is 4.39. The Hall–Kier alpha value is -1.79. The zero-order chi connectivity index (χ0) is 15.1. The first-order valence-corrected chi connectivity index (χ1v) is 6.32. The topological polar surface area (TPSA) is 88.0 Å². The first kappa shape index (κ1) is 16.3. The van der Waals surface area contributed by atoms with E-state index in [4.69, 9.17) is 9.47 Å². The van der Waals surface area contributed by atoms with Crippen molar-refractivity contribution in [1.82, 2.24) is 5.32 Å². The molecular weight excluding hydrogens is 262 g/mol. The first-order chi connectivity index (χ1) is 9.49. The van der Waals surface area contributed by atoms with Crippen LogP contribution >= 0.6 is 0 Å². The molecule has 0 spiro atoms. The molecule has 112 valence electrons. The van der Waals surface area contributed by atoms with E-state index in [0.29, 0.717) is 23.6 Å². The number of amides is 1. The standard InChI is InChI=1S/C14H21NO5/c1-9(16)15-7-6-12(17)14(18)11-5-4-10(19-2)8-13(11)20-3/h4-5,8,12,14,17-18H,6-7H2,1-3H3,(H,15,16). The van der Waals surface area contributed by atoms with Crippen LogP contribution in [-0.2, 0) is 4.79 Å². The lowest BCUT2D eigenvalue weighted by atomic mass is 10.0. The van der Waals surface area contributed by atoms with Crippen molar-refractivity contribution in [2.75, 3.05) is 20.8 Å². The van der Waals surface area contributed by atoms with Crippen LogP contribution in [0.5, 0.6) is 11.5 Å². The molecule has 0 fully saturated rings. The number of hydrogen-bond donors (Lipinski definition) is 3. The van der Waals surface area contributed by atoms with E-state index in [1.54, 1.807) is 18.2 Å². The third kappa shape index (κ3) is 4.40. The number of methoxy groups -OCH3 is 2. The Kier molecular flexibility index (Phi) is 6.27. The van der Waals surface area contributed by atoms with Crippen LogP contribution in [0.4, 0.5) is 0 Å². The van der Waals surface area contributed by atoms with Gasteiger partial charge in [0.25, 0.3) is 0 Å². The highest BCUT2D eigenvalue weighted by molar-refractivity contribution is 5.72. The highest BCUT2D eigenvalue weighted by Gasteiger charge is 2.22. The number of hydrogen-bond acceptors (Lipinski definition) is 5. The normalized spacial score (nSPS) is 13.4. The molecule has 0 saturated heterocycles. The number of carbonyl (C=O) groups excluding carboxylic acids is 1. The van der Waals surface area contributed by atoms with E-state index in [9.17, 15) is 15.0 Å². The lowest BCUT2D eigenvalue weighted by molar-refractivity contribution is -0.119. The van der Waals surface area contributed by atoms with Crippen LogP contribution < -0.4 is 14.8 Å². The van der Waals surface area contributed by atoms with Crippen molar-refractivity contribution in [1.29, 1.82) is 0 Å². The minimum absolute atomic E-state index is 0.172. The second kappa shape index (κ2) is 7.72. The average Bonchev–Trinajstić information content (AvgIpc) is 2.45.